The van der Waals surface area contributed by atoms with Crippen LogP contribution in [0, 0.1) is 17.5 Å². The summed E-state index contributed by atoms with van der Waals surface area (Å²) in [6, 6.07) is 1.41. The summed E-state index contributed by atoms with van der Waals surface area (Å²) in [4.78, 5) is 11.8. The summed E-state index contributed by atoms with van der Waals surface area (Å²) in [5.74, 6) is -4.87. The molecule has 0 aliphatic heterocycles. The van der Waals surface area contributed by atoms with Crippen molar-refractivity contribution in [3.8, 4) is 0 Å². The molecule has 1 aromatic carbocycles. The smallest absolute Gasteiger partial charge is 0.251 e. The average molecular weight is 322 g/mol. The van der Waals surface area contributed by atoms with Crippen LogP contribution in [0.1, 0.15) is 29.6 Å². The molecule has 6 heteroatoms. The third kappa shape index (κ3) is 2.39. The number of hydrogen-bond acceptors (Lipinski definition) is 1. The van der Waals surface area contributed by atoms with Crippen molar-refractivity contribution in [3.63, 3.8) is 0 Å². The third-order valence-electron chi connectivity index (χ3n) is 3.19. The highest BCUT2D eigenvalue weighted by Gasteiger charge is 2.37. The summed E-state index contributed by atoms with van der Waals surface area (Å²) < 4.78 is 38.8. The number of nitrogens with one attached hydrogen (secondary N) is 1. The molecule has 2 nitrogen and oxygen atoms in total. The van der Waals surface area contributed by atoms with Gasteiger partial charge in [0.25, 0.3) is 5.91 Å². The monoisotopic (exact) mass is 321 g/mol. The Kier molecular flexibility index (Phi) is 3.66. The molecule has 0 atom stereocenters. The van der Waals surface area contributed by atoms with Crippen LogP contribution in [-0.4, -0.2) is 16.8 Å². The van der Waals surface area contributed by atoms with Crippen molar-refractivity contribution < 1.29 is 18.0 Å². The van der Waals surface area contributed by atoms with Gasteiger partial charge in [-0.3, -0.25) is 4.79 Å². The number of rotatable bonds is 3. The van der Waals surface area contributed by atoms with Crippen LogP contribution in [0.15, 0.2) is 12.1 Å². The minimum atomic E-state index is -1.56. The molecule has 0 saturated heterocycles. The van der Waals surface area contributed by atoms with Gasteiger partial charge < -0.3 is 5.32 Å². The van der Waals surface area contributed by atoms with Crippen LogP contribution in [0.5, 0.6) is 0 Å². The quantitative estimate of drug-likeness (QED) is 0.672. The van der Waals surface area contributed by atoms with Gasteiger partial charge in [0.1, 0.15) is 0 Å². The Bertz CT molecular complexity index is 460. The van der Waals surface area contributed by atoms with Gasteiger partial charge in [0.15, 0.2) is 17.5 Å². The van der Waals surface area contributed by atoms with Gasteiger partial charge in [-0.2, -0.15) is 0 Å². The number of carbonyl (C=O) groups excluding carboxylic acids is 1. The number of halogens is 4. The van der Waals surface area contributed by atoms with Gasteiger partial charge in [0.05, 0.1) is 5.54 Å². The van der Waals surface area contributed by atoms with Crippen molar-refractivity contribution >= 4 is 21.8 Å². The Morgan fingerprint density at radius 2 is 1.83 bits per heavy atom. The fraction of sp³-hybridized carbons (Fsp3) is 0.417. The van der Waals surface area contributed by atoms with E-state index in [0.29, 0.717) is 17.5 Å². The van der Waals surface area contributed by atoms with Crippen LogP contribution in [0.3, 0.4) is 0 Å². The van der Waals surface area contributed by atoms with E-state index in [4.69, 9.17) is 0 Å². The van der Waals surface area contributed by atoms with E-state index >= 15 is 0 Å². The SMILES string of the molecule is O=C(NC1(CBr)CCC1)c1cc(F)c(F)c(F)c1. The van der Waals surface area contributed by atoms with Gasteiger partial charge in [0.2, 0.25) is 0 Å². The lowest BCUT2D eigenvalue weighted by atomic mass is 9.78. The molecular formula is C12H11BrF3NO. The molecule has 1 aromatic rings. The molecule has 1 aliphatic rings. The summed E-state index contributed by atoms with van der Waals surface area (Å²) in [6.07, 6.45) is 2.63. The fourth-order valence-electron chi connectivity index (χ4n) is 1.90. The Labute approximate surface area is 111 Å². The first kappa shape index (κ1) is 13.4. The van der Waals surface area contributed by atoms with Crippen molar-refractivity contribution in [3.05, 3.63) is 35.1 Å². The molecule has 1 amide bonds. The Hall–Kier alpha value is -1.04. The van der Waals surface area contributed by atoms with Crippen LogP contribution in [0.25, 0.3) is 0 Å². The zero-order valence-electron chi connectivity index (χ0n) is 9.40. The topological polar surface area (TPSA) is 29.1 Å². The number of benzene rings is 1. The standard InChI is InChI=1S/C12H11BrF3NO/c13-6-12(2-1-3-12)17-11(18)7-4-8(14)10(16)9(15)5-7/h4-5H,1-3,6H2,(H,17,18). The molecule has 1 aliphatic carbocycles. The Balaban J connectivity index is 2.19. The molecule has 0 spiro atoms. The molecule has 0 bridgehead atoms. The fourth-order valence-corrected chi connectivity index (χ4v) is 2.60. The largest absolute Gasteiger partial charge is 0.346 e. The maximum Gasteiger partial charge on any atom is 0.251 e. The molecule has 0 aromatic heterocycles. The van der Waals surface area contributed by atoms with Gasteiger partial charge in [0, 0.05) is 10.9 Å². The van der Waals surface area contributed by atoms with Crippen LogP contribution in [-0.2, 0) is 0 Å². The Morgan fingerprint density at radius 3 is 2.22 bits per heavy atom. The number of alkyl halides is 1. The predicted octanol–water partition coefficient (Wildman–Crippen LogP) is 3.15. The van der Waals surface area contributed by atoms with E-state index in [1.54, 1.807) is 0 Å². The number of hydrogen-bond donors (Lipinski definition) is 1. The first-order valence-electron chi connectivity index (χ1n) is 5.50. The van der Waals surface area contributed by atoms with E-state index in [9.17, 15) is 18.0 Å². The summed E-state index contributed by atoms with van der Waals surface area (Å²) in [5.41, 5.74) is -0.558. The van der Waals surface area contributed by atoms with Crippen LogP contribution < -0.4 is 5.32 Å². The van der Waals surface area contributed by atoms with Gasteiger partial charge in [-0.1, -0.05) is 15.9 Å². The molecule has 0 radical (unpaired) electrons. The van der Waals surface area contributed by atoms with E-state index in [0.717, 1.165) is 19.3 Å². The van der Waals surface area contributed by atoms with E-state index in [1.165, 1.54) is 0 Å². The lowest BCUT2D eigenvalue weighted by Crippen LogP contribution is -2.54. The highest BCUT2D eigenvalue weighted by Crippen LogP contribution is 2.33. The maximum absolute atomic E-state index is 13.0. The third-order valence-corrected chi connectivity index (χ3v) is 4.26. The van der Waals surface area contributed by atoms with Crippen molar-refractivity contribution in [2.24, 2.45) is 0 Å². The summed E-state index contributed by atoms with van der Waals surface area (Å²) >= 11 is 3.30. The average Bonchev–Trinajstić information content (AvgIpc) is 2.29. The zero-order chi connectivity index (χ0) is 13.3. The molecule has 2 rings (SSSR count). The normalized spacial score (nSPS) is 17.1. The first-order valence-corrected chi connectivity index (χ1v) is 6.63. The molecule has 18 heavy (non-hydrogen) atoms. The lowest BCUT2D eigenvalue weighted by molar-refractivity contribution is 0.0855. The number of carbonyl (C=O) groups is 1. The second-order valence-electron chi connectivity index (χ2n) is 4.48. The molecule has 98 valence electrons. The van der Waals surface area contributed by atoms with Crippen LogP contribution >= 0.6 is 15.9 Å². The first-order chi connectivity index (χ1) is 8.47. The maximum atomic E-state index is 13.0. The minimum absolute atomic E-state index is 0.210. The summed E-state index contributed by atoms with van der Waals surface area (Å²) in [5, 5.41) is 3.31. The highest BCUT2D eigenvalue weighted by atomic mass is 79.9. The highest BCUT2D eigenvalue weighted by molar-refractivity contribution is 9.09. The molecule has 0 heterocycles. The van der Waals surface area contributed by atoms with E-state index in [2.05, 4.69) is 21.2 Å². The molecule has 0 unspecified atom stereocenters. The Morgan fingerprint density at radius 1 is 1.28 bits per heavy atom. The minimum Gasteiger partial charge on any atom is -0.346 e. The van der Waals surface area contributed by atoms with E-state index in [-0.39, 0.29) is 11.1 Å². The van der Waals surface area contributed by atoms with Crippen molar-refractivity contribution in [1.29, 1.82) is 0 Å². The van der Waals surface area contributed by atoms with Crippen molar-refractivity contribution in [2.75, 3.05) is 5.33 Å². The lowest BCUT2D eigenvalue weighted by Gasteiger charge is -2.41. The second kappa shape index (κ2) is 4.91. The van der Waals surface area contributed by atoms with E-state index in [1.807, 2.05) is 0 Å². The summed E-state index contributed by atoms with van der Waals surface area (Å²) in [7, 11) is 0. The molecule has 1 fully saturated rings. The van der Waals surface area contributed by atoms with Gasteiger partial charge >= 0.3 is 0 Å². The van der Waals surface area contributed by atoms with Crippen LogP contribution in [0.4, 0.5) is 13.2 Å². The zero-order valence-corrected chi connectivity index (χ0v) is 11.0. The molecular weight excluding hydrogens is 311 g/mol. The molecule has 1 N–H and O–H groups in total. The van der Waals surface area contributed by atoms with Gasteiger partial charge in [-0.05, 0) is 31.4 Å². The molecule has 1 saturated carbocycles. The van der Waals surface area contributed by atoms with Crippen molar-refractivity contribution in [2.45, 2.75) is 24.8 Å². The van der Waals surface area contributed by atoms with Crippen LogP contribution in [0.2, 0.25) is 0 Å². The predicted molar refractivity (Wildman–Crippen MR) is 64.2 cm³/mol. The van der Waals surface area contributed by atoms with Gasteiger partial charge in [-0.15, -0.1) is 0 Å². The van der Waals surface area contributed by atoms with E-state index < -0.39 is 23.4 Å². The van der Waals surface area contributed by atoms with Gasteiger partial charge in [-0.25, -0.2) is 13.2 Å². The number of amides is 1. The summed E-state index contributed by atoms with van der Waals surface area (Å²) in [6.45, 7) is 0. The van der Waals surface area contributed by atoms with Crippen molar-refractivity contribution in [1.82, 2.24) is 5.32 Å². The second-order valence-corrected chi connectivity index (χ2v) is 5.04.